The minimum Gasteiger partial charge on any atom is -0.355 e. The van der Waals surface area contributed by atoms with Crippen molar-refractivity contribution in [2.24, 2.45) is 4.99 Å². The van der Waals surface area contributed by atoms with E-state index >= 15 is 0 Å². The van der Waals surface area contributed by atoms with Crippen molar-refractivity contribution >= 4 is 41.0 Å². The summed E-state index contributed by atoms with van der Waals surface area (Å²) in [5.74, 6) is 1.97. The lowest BCUT2D eigenvalue weighted by molar-refractivity contribution is 0.601. The van der Waals surface area contributed by atoms with Crippen LogP contribution in [0.1, 0.15) is 31.5 Å². The third-order valence-corrected chi connectivity index (χ3v) is 4.39. The monoisotopic (exact) mass is 427 g/mol. The molecule has 0 atom stereocenters. The van der Waals surface area contributed by atoms with Crippen LogP contribution in [0.4, 0.5) is 0 Å². The van der Waals surface area contributed by atoms with Gasteiger partial charge in [0.05, 0.1) is 11.0 Å². The number of para-hydroxylation sites is 2. The van der Waals surface area contributed by atoms with E-state index in [0.717, 1.165) is 30.4 Å². The van der Waals surface area contributed by atoms with Gasteiger partial charge >= 0.3 is 0 Å². The molecular formula is C17H26IN5. The standard InChI is InChI=1S/C17H25N5.HI/c1-13-20-15-9-5-6-10-16(15)22(13)12-11-19-17(18-2)21-14-7-3-4-8-14;/h5-6,9-10,14H,3-4,7-8,11-12H2,1-2H3,(H2,18,19,21);1H. The molecule has 1 aliphatic carbocycles. The molecule has 0 bridgehead atoms. The van der Waals surface area contributed by atoms with Crippen molar-refractivity contribution < 1.29 is 0 Å². The Labute approximate surface area is 155 Å². The van der Waals surface area contributed by atoms with Gasteiger partial charge in [0.15, 0.2) is 5.96 Å². The Bertz CT molecular complexity index is 658. The summed E-state index contributed by atoms with van der Waals surface area (Å²) in [5, 5.41) is 6.93. The van der Waals surface area contributed by atoms with Crippen LogP contribution in [0.15, 0.2) is 29.3 Å². The lowest BCUT2D eigenvalue weighted by atomic mass is 10.2. The molecule has 2 aromatic rings. The third kappa shape index (κ3) is 4.37. The molecule has 1 aromatic carbocycles. The van der Waals surface area contributed by atoms with E-state index in [1.54, 1.807) is 0 Å². The van der Waals surface area contributed by atoms with Gasteiger partial charge in [-0.05, 0) is 31.9 Å². The maximum atomic E-state index is 4.60. The predicted molar refractivity (Wildman–Crippen MR) is 107 cm³/mol. The predicted octanol–water partition coefficient (Wildman–Crippen LogP) is 3.07. The van der Waals surface area contributed by atoms with Crippen LogP contribution in [0.3, 0.4) is 0 Å². The van der Waals surface area contributed by atoms with E-state index in [1.807, 2.05) is 13.1 Å². The summed E-state index contributed by atoms with van der Waals surface area (Å²) in [7, 11) is 1.84. The highest BCUT2D eigenvalue weighted by molar-refractivity contribution is 14.0. The van der Waals surface area contributed by atoms with Crippen molar-refractivity contribution in [2.45, 2.75) is 45.2 Å². The Morgan fingerprint density at radius 2 is 2.04 bits per heavy atom. The molecule has 1 aromatic heterocycles. The van der Waals surface area contributed by atoms with E-state index in [9.17, 15) is 0 Å². The van der Waals surface area contributed by atoms with Gasteiger partial charge in [-0.2, -0.15) is 0 Å². The first-order valence-corrected chi connectivity index (χ1v) is 8.17. The van der Waals surface area contributed by atoms with Crippen LogP contribution in [0.25, 0.3) is 11.0 Å². The number of aliphatic imine (C=N–C) groups is 1. The molecule has 0 radical (unpaired) electrons. The van der Waals surface area contributed by atoms with Gasteiger partial charge in [-0.3, -0.25) is 4.99 Å². The number of aryl methyl sites for hydroxylation is 1. The number of benzene rings is 1. The third-order valence-electron chi connectivity index (χ3n) is 4.39. The Morgan fingerprint density at radius 3 is 2.78 bits per heavy atom. The van der Waals surface area contributed by atoms with Gasteiger partial charge in [0, 0.05) is 26.2 Å². The van der Waals surface area contributed by atoms with Crippen molar-refractivity contribution in [3.8, 4) is 0 Å². The van der Waals surface area contributed by atoms with Gasteiger partial charge in [-0.25, -0.2) is 4.98 Å². The van der Waals surface area contributed by atoms with Gasteiger partial charge in [0.1, 0.15) is 5.82 Å². The first kappa shape index (κ1) is 18.0. The zero-order chi connectivity index (χ0) is 15.4. The Hall–Kier alpha value is -1.31. The smallest absolute Gasteiger partial charge is 0.191 e. The maximum Gasteiger partial charge on any atom is 0.191 e. The van der Waals surface area contributed by atoms with Gasteiger partial charge in [-0.1, -0.05) is 25.0 Å². The molecule has 5 nitrogen and oxygen atoms in total. The fourth-order valence-electron chi connectivity index (χ4n) is 3.22. The SMILES string of the molecule is CN=C(NCCn1c(C)nc2ccccc21)NC1CCCC1.I. The van der Waals surface area contributed by atoms with Crippen LogP contribution in [-0.4, -0.2) is 35.1 Å². The number of imidazole rings is 1. The van der Waals surface area contributed by atoms with Crippen molar-refractivity contribution in [3.63, 3.8) is 0 Å². The number of aromatic nitrogens is 2. The molecule has 1 fully saturated rings. The van der Waals surface area contributed by atoms with Crippen molar-refractivity contribution in [1.82, 2.24) is 20.2 Å². The second-order valence-electron chi connectivity index (χ2n) is 5.92. The van der Waals surface area contributed by atoms with E-state index in [1.165, 1.54) is 31.2 Å². The number of nitrogens with one attached hydrogen (secondary N) is 2. The van der Waals surface area contributed by atoms with E-state index in [2.05, 4.69) is 50.3 Å². The lowest BCUT2D eigenvalue weighted by Crippen LogP contribution is -2.43. The average molecular weight is 427 g/mol. The molecule has 1 saturated carbocycles. The number of hydrogen-bond acceptors (Lipinski definition) is 2. The number of halogens is 1. The molecule has 0 amide bonds. The van der Waals surface area contributed by atoms with Crippen LogP contribution in [0.5, 0.6) is 0 Å². The molecule has 0 spiro atoms. The van der Waals surface area contributed by atoms with E-state index < -0.39 is 0 Å². The summed E-state index contributed by atoms with van der Waals surface area (Å²) < 4.78 is 2.26. The largest absolute Gasteiger partial charge is 0.355 e. The second-order valence-corrected chi connectivity index (χ2v) is 5.92. The zero-order valence-corrected chi connectivity index (χ0v) is 16.2. The normalized spacial score (nSPS) is 15.7. The highest BCUT2D eigenvalue weighted by atomic mass is 127. The van der Waals surface area contributed by atoms with Crippen LogP contribution < -0.4 is 10.6 Å². The van der Waals surface area contributed by atoms with Crippen molar-refractivity contribution in [3.05, 3.63) is 30.1 Å². The minimum absolute atomic E-state index is 0. The number of fused-ring (bicyclic) bond motifs is 1. The highest BCUT2D eigenvalue weighted by Crippen LogP contribution is 2.17. The quantitative estimate of drug-likeness (QED) is 0.448. The fraction of sp³-hybridized carbons (Fsp3) is 0.529. The van der Waals surface area contributed by atoms with Crippen LogP contribution in [0, 0.1) is 6.92 Å². The van der Waals surface area contributed by atoms with Gasteiger partial charge in [-0.15, -0.1) is 24.0 Å². The lowest BCUT2D eigenvalue weighted by Gasteiger charge is -2.17. The van der Waals surface area contributed by atoms with Gasteiger partial charge < -0.3 is 15.2 Å². The zero-order valence-electron chi connectivity index (χ0n) is 13.9. The van der Waals surface area contributed by atoms with Crippen molar-refractivity contribution in [2.75, 3.05) is 13.6 Å². The van der Waals surface area contributed by atoms with Gasteiger partial charge in [0.25, 0.3) is 0 Å². The molecule has 23 heavy (non-hydrogen) atoms. The first-order chi connectivity index (χ1) is 10.8. The summed E-state index contributed by atoms with van der Waals surface area (Å²) in [6.45, 7) is 3.79. The Kier molecular flexibility index (Phi) is 6.68. The molecule has 1 heterocycles. The summed E-state index contributed by atoms with van der Waals surface area (Å²) >= 11 is 0. The fourth-order valence-corrected chi connectivity index (χ4v) is 3.22. The Balaban J connectivity index is 0.00000192. The molecule has 6 heteroatoms. The molecule has 0 aliphatic heterocycles. The molecule has 3 rings (SSSR count). The van der Waals surface area contributed by atoms with Gasteiger partial charge in [0.2, 0.25) is 0 Å². The van der Waals surface area contributed by atoms with Crippen LogP contribution >= 0.6 is 24.0 Å². The summed E-state index contributed by atoms with van der Waals surface area (Å²) in [5.41, 5.74) is 2.26. The molecule has 126 valence electrons. The van der Waals surface area contributed by atoms with E-state index in [4.69, 9.17) is 0 Å². The summed E-state index contributed by atoms with van der Waals surface area (Å²) in [6, 6.07) is 8.87. The topological polar surface area (TPSA) is 54.2 Å². The van der Waals surface area contributed by atoms with E-state index in [0.29, 0.717) is 6.04 Å². The first-order valence-electron chi connectivity index (χ1n) is 8.17. The molecule has 0 saturated heterocycles. The average Bonchev–Trinajstić information content (AvgIpc) is 3.14. The minimum atomic E-state index is 0. The molecular weight excluding hydrogens is 401 g/mol. The number of nitrogens with zero attached hydrogens (tertiary/aromatic N) is 3. The molecule has 0 unspecified atom stereocenters. The summed E-state index contributed by atoms with van der Waals surface area (Å²) in [4.78, 5) is 8.93. The van der Waals surface area contributed by atoms with Crippen LogP contribution in [-0.2, 0) is 6.54 Å². The Morgan fingerprint density at radius 1 is 1.30 bits per heavy atom. The van der Waals surface area contributed by atoms with Crippen molar-refractivity contribution in [1.29, 1.82) is 0 Å². The highest BCUT2D eigenvalue weighted by Gasteiger charge is 2.15. The molecule has 2 N–H and O–H groups in total. The summed E-state index contributed by atoms with van der Waals surface area (Å²) in [6.07, 6.45) is 5.17. The number of rotatable bonds is 4. The number of hydrogen-bond donors (Lipinski definition) is 2. The van der Waals surface area contributed by atoms with Crippen LogP contribution in [0.2, 0.25) is 0 Å². The molecule has 1 aliphatic rings. The number of guanidine groups is 1. The van der Waals surface area contributed by atoms with E-state index in [-0.39, 0.29) is 24.0 Å². The maximum absolute atomic E-state index is 4.60. The second kappa shape index (κ2) is 8.52.